The molecule has 4 heteroatoms. The smallest absolute Gasteiger partial charge is 0.0640 e. The highest BCUT2D eigenvalue weighted by Crippen LogP contribution is 2.52. The predicted octanol–water partition coefficient (Wildman–Crippen LogP) is 19.5. The molecule has 11 aromatic carbocycles. The summed E-state index contributed by atoms with van der Waals surface area (Å²) >= 11 is 3.73. The van der Waals surface area contributed by atoms with Crippen LogP contribution in [0, 0.1) is 0 Å². The van der Waals surface area contributed by atoms with Gasteiger partial charge in [0.15, 0.2) is 0 Å². The van der Waals surface area contributed by atoms with Crippen LogP contribution in [-0.2, 0) is 0 Å². The van der Waals surface area contributed by atoms with Crippen LogP contribution in [-0.4, -0.2) is 0 Å². The topological polar surface area (TPSA) is 6.48 Å². The summed E-state index contributed by atoms with van der Waals surface area (Å²) in [6.07, 6.45) is 0. The second-order valence-corrected chi connectivity index (χ2v) is 19.3. The van der Waals surface area contributed by atoms with Crippen molar-refractivity contribution >= 4 is 108 Å². The monoisotopic (exact) mass is 902 g/mol. The highest BCUT2D eigenvalue weighted by Gasteiger charge is 2.27. The van der Waals surface area contributed by atoms with Crippen LogP contribution in [0.1, 0.15) is 0 Å². The van der Waals surface area contributed by atoms with Gasteiger partial charge in [-0.3, -0.25) is 0 Å². The van der Waals surface area contributed by atoms with Crippen LogP contribution >= 0.6 is 22.7 Å². The first-order valence-corrected chi connectivity index (χ1v) is 24.7. The maximum absolute atomic E-state index is 2.51. The van der Waals surface area contributed by atoms with Gasteiger partial charge in [-0.25, -0.2) is 0 Å². The summed E-state index contributed by atoms with van der Waals surface area (Å²) in [5.74, 6) is 0. The summed E-state index contributed by atoms with van der Waals surface area (Å²) in [7, 11) is 0. The largest absolute Gasteiger partial charge is 0.309 e. The van der Waals surface area contributed by atoms with Crippen molar-refractivity contribution in [2.75, 3.05) is 9.80 Å². The number of nitrogens with zero attached hydrogens (tertiary/aromatic N) is 2. The molecule has 0 aliphatic heterocycles. The van der Waals surface area contributed by atoms with Crippen molar-refractivity contribution in [3.05, 3.63) is 255 Å². The number of rotatable bonds is 9. The van der Waals surface area contributed by atoms with Crippen LogP contribution in [0.2, 0.25) is 0 Å². The molecule has 0 saturated carbocycles. The Balaban J connectivity index is 1.08. The fraction of sp³-hybridized carbons (Fsp3) is 0. The van der Waals surface area contributed by atoms with Gasteiger partial charge < -0.3 is 9.80 Å². The Morgan fingerprint density at radius 3 is 1.40 bits per heavy atom. The van der Waals surface area contributed by atoms with Crippen LogP contribution in [0.3, 0.4) is 0 Å². The van der Waals surface area contributed by atoms with Crippen LogP contribution in [0.4, 0.5) is 34.1 Å². The van der Waals surface area contributed by atoms with E-state index in [9.17, 15) is 0 Å². The van der Waals surface area contributed by atoms with Crippen LogP contribution in [0.15, 0.2) is 255 Å². The highest BCUT2D eigenvalue weighted by molar-refractivity contribution is 7.26. The second kappa shape index (κ2) is 16.9. The molecule has 0 atom stereocenters. The minimum atomic E-state index is 1.08. The lowest BCUT2D eigenvalue weighted by molar-refractivity contribution is 1.28. The Bertz CT molecular complexity index is 4000. The lowest BCUT2D eigenvalue weighted by Crippen LogP contribution is -2.14. The van der Waals surface area contributed by atoms with Crippen molar-refractivity contribution < 1.29 is 0 Å². The zero-order chi connectivity index (χ0) is 45.0. The molecule has 0 bridgehead atoms. The van der Waals surface area contributed by atoms with Crippen LogP contribution in [0.25, 0.3) is 84.5 Å². The third-order valence-electron chi connectivity index (χ3n) is 13.3. The quantitative estimate of drug-likeness (QED) is 0.142. The Labute approximate surface area is 403 Å². The fourth-order valence-corrected chi connectivity index (χ4v) is 12.6. The van der Waals surface area contributed by atoms with E-state index < -0.39 is 0 Å². The number of hydrogen-bond donors (Lipinski definition) is 0. The van der Waals surface area contributed by atoms with Gasteiger partial charge in [0, 0.05) is 63.4 Å². The van der Waals surface area contributed by atoms with Crippen molar-refractivity contribution in [2.45, 2.75) is 0 Å². The third-order valence-corrected chi connectivity index (χ3v) is 15.6. The third kappa shape index (κ3) is 6.76. The average Bonchev–Trinajstić information content (AvgIpc) is 3.99. The van der Waals surface area contributed by atoms with Gasteiger partial charge in [0.1, 0.15) is 0 Å². The number of fused-ring (bicyclic) bond motifs is 7. The molecular weight excluding hydrogens is 861 g/mol. The average molecular weight is 903 g/mol. The normalized spacial score (nSPS) is 11.5. The molecule has 68 heavy (non-hydrogen) atoms. The summed E-state index contributed by atoms with van der Waals surface area (Å²) < 4.78 is 5.11. The fourth-order valence-electron chi connectivity index (χ4n) is 10.2. The number of para-hydroxylation sites is 3. The molecule has 0 amide bonds. The number of hydrogen-bond acceptors (Lipinski definition) is 4. The molecule has 2 nitrogen and oxygen atoms in total. The standard InChI is InChI=1S/C64H42N2S2/c1-3-20-43(21-4-1)46-40-41-59(49-26-8-7-25-48(46)49)66(56-32-14-9-24-47(56)44-22-5-2-6-23-44)58-34-16-11-28-51(58)50-27-10-15-33-57(50)65(45-38-39-54-52-29-12-17-36-61(52)67-63(54)42-45)60-35-19-31-55-53-30-13-18-37-62(53)68-64(55)60/h1-42H. The zero-order valence-electron chi connectivity index (χ0n) is 37.0. The van der Waals surface area contributed by atoms with E-state index in [1.54, 1.807) is 0 Å². The SMILES string of the molecule is c1ccc(-c2ccccc2N(c2ccccc2-c2ccccc2N(c2ccc3c(c2)sc2ccccc23)c2cccc3c2sc2ccccc23)c2ccc(-c3ccccc3)c3ccccc23)cc1. The summed E-state index contributed by atoms with van der Waals surface area (Å²) in [4.78, 5) is 5.02. The number of thiophene rings is 2. The Morgan fingerprint density at radius 2 is 0.706 bits per heavy atom. The molecule has 0 unspecified atom stereocenters. The molecule has 320 valence electrons. The van der Waals surface area contributed by atoms with Crippen LogP contribution in [0.5, 0.6) is 0 Å². The molecule has 0 radical (unpaired) electrons. The molecule has 13 rings (SSSR count). The van der Waals surface area contributed by atoms with Gasteiger partial charge in [0.2, 0.25) is 0 Å². The van der Waals surface area contributed by atoms with Gasteiger partial charge in [-0.1, -0.05) is 200 Å². The van der Waals surface area contributed by atoms with Gasteiger partial charge in [0.05, 0.1) is 33.1 Å². The van der Waals surface area contributed by atoms with E-state index in [4.69, 9.17) is 0 Å². The Morgan fingerprint density at radius 1 is 0.235 bits per heavy atom. The van der Waals surface area contributed by atoms with Gasteiger partial charge in [0.25, 0.3) is 0 Å². The Hall–Kier alpha value is -8.28. The molecule has 0 N–H and O–H groups in total. The second-order valence-electron chi connectivity index (χ2n) is 17.2. The van der Waals surface area contributed by atoms with Crippen molar-refractivity contribution in [3.63, 3.8) is 0 Å². The molecular formula is C64H42N2S2. The Kier molecular flexibility index (Phi) is 9.93. The van der Waals surface area contributed by atoms with Crippen molar-refractivity contribution in [1.29, 1.82) is 0 Å². The number of anilines is 6. The first kappa shape index (κ1) is 40.0. The van der Waals surface area contributed by atoms with E-state index in [1.807, 2.05) is 22.7 Å². The van der Waals surface area contributed by atoms with Gasteiger partial charge in [-0.15, -0.1) is 22.7 Å². The molecule has 13 aromatic rings. The lowest BCUT2D eigenvalue weighted by Gasteiger charge is -2.33. The summed E-state index contributed by atoms with van der Waals surface area (Å²) in [5, 5.41) is 7.51. The van der Waals surface area contributed by atoms with Crippen LogP contribution < -0.4 is 9.80 Å². The molecule has 0 saturated heterocycles. The molecule has 0 aliphatic carbocycles. The maximum Gasteiger partial charge on any atom is 0.0640 e. The van der Waals surface area contributed by atoms with Gasteiger partial charge in [-0.05, 0) is 76.7 Å². The highest BCUT2D eigenvalue weighted by atomic mass is 32.1. The molecule has 2 aromatic heterocycles. The first-order chi connectivity index (χ1) is 33.8. The van der Waals surface area contributed by atoms with E-state index in [0.717, 1.165) is 56.4 Å². The van der Waals surface area contributed by atoms with Crippen molar-refractivity contribution in [3.8, 4) is 33.4 Å². The minimum Gasteiger partial charge on any atom is -0.309 e. The van der Waals surface area contributed by atoms with E-state index in [2.05, 4.69) is 265 Å². The van der Waals surface area contributed by atoms with E-state index in [-0.39, 0.29) is 0 Å². The van der Waals surface area contributed by atoms with E-state index in [1.165, 1.54) is 62.2 Å². The minimum absolute atomic E-state index is 1.08. The van der Waals surface area contributed by atoms with E-state index in [0.29, 0.717) is 0 Å². The van der Waals surface area contributed by atoms with E-state index >= 15 is 0 Å². The van der Waals surface area contributed by atoms with Crippen molar-refractivity contribution in [1.82, 2.24) is 0 Å². The zero-order valence-corrected chi connectivity index (χ0v) is 38.6. The number of benzene rings is 11. The summed E-state index contributed by atoms with van der Waals surface area (Å²) in [5.41, 5.74) is 13.6. The van der Waals surface area contributed by atoms with Gasteiger partial charge in [-0.2, -0.15) is 0 Å². The summed E-state index contributed by atoms with van der Waals surface area (Å²) in [6, 6.07) is 93.3. The predicted molar refractivity (Wildman–Crippen MR) is 295 cm³/mol. The van der Waals surface area contributed by atoms with Crippen molar-refractivity contribution in [2.24, 2.45) is 0 Å². The summed E-state index contributed by atoms with van der Waals surface area (Å²) in [6.45, 7) is 0. The first-order valence-electron chi connectivity index (χ1n) is 23.1. The molecule has 0 aliphatic rings. The molecule has 2 heterocycles. The molecule has 0 fully saturated rings. The molecule has 0 spiro atoms. The van der Waals surface area contributed by atoms with Gasteiger partial charge >= 0.3 is 0 Å². The maximum atomic E-state index is 2.51. The lowest BCUT2D eigenvalue weighted by atomic mass is 9.94.